The molecule has 1 unspecified atom stereocenters. The van der Waals surface area contributed by atoms with Gasteiger partial charge < -0.3 is 14.8 Å². The monoisotopic (exact) mass is 252 g/mol. The van der Waals surface area contributed by atoms with Crippen molar-refractivity contribution in [3.63, 3.8) is 0 Å². The number of nitrogens with one attached hydrogen (secondary N) is 1. The molecule has 1 N–H and O–H groups in total. The van der Waals surface area contributed by atoms with E-state index in [1.54, 1.807) is 18.2 Å². The van der Waals surface area contributed by atoms with Crippen molar-refractivity contribution in [2.45, 2.75) is 6.42 Å². The molecule has 1 aliphatic rings. The van der Waals surface area contributed by atoms with Crippen molar-refractivity contribution in [3.05, 3.63) is 28.3 Å². The minimum Gasteiger partial charge on any atom is -0.490 e. The second-order valence-corrected chi connectivity index (χ2v) is 4.22. The average molecular weight is 252 g/mol. The van der Waals surface area contributed by atoms with Crippen molar-refractivity contribution in [2.75, 3.05) is 32.2 Å². The van der Waals surface area contributed by atoms with Gasteiger partial charge in [0.25, 0.3) is 0 Å². The van der Waals surface area contributed by atoms with Crippen molar-refractivity contribution < 1.29 is 14.4 Å². The third-order valence-corrected chi connectivity index (χ3v) is 3.01. The molecule has 1 aromatic rings. The molecule has 18 heavy (non-hydrogen) atoms. The highest BCUT2D eigenvalue weighted by atomic mass is 16.6. The first-order chi connectivity index (χ1) is 8.72. The van der Waals surface area contributed by atoms with Crippen LogP contribution in [0.2, 0.25) is 0 Å². The van der Waals surface area contributed by atoms with Crippen LogP contribution in [-0.2, 0) is 4.74 Å². The molecule has 0 aliphatic carbocycles. The average Bonchev–Trinajstić information content (AvgIpc) is 2.88. The highest BCUT2D eigenvalue weighted by molar-refractivity contribution is 5.68. The predicted molar refractivity (Wildman–Crippen MR) is 67.1 cm³/mol. The molecule has 1 fully saturated rings. The summed E-state index contributed by atoms with van der Waals surface area (Å²) >= 11 is 0. The van der Waals surface area contributed by atoms with Crippen LogP contribution >= 0.6 is 0 Å². The van der Waals surface area contributed by atoms with Crippen molar-refractivity contribution in [1.29, 1.82) is 0 Å². The fraction of sp³-hybridized carbons (Fsp3) is 0.500. The second-order valence-electron chi connectivity index (χ2n) is 4.22. The van der Waals surface area contributed by atoms with Crippen LogP contribution in [0.25, 0.3) is 0 Å². The molecule has 1 heterocycles. The summed E-state index contributed by atoms with van der Waals surface area (Å²) in [4.78, 5) is 10.6. The van der Waals surface area contributed by atoms with Crippen LogP contribution in [0, 0.1) is 16.0 Å². The topological polar surface area (TPSA) is 73.6 Å². The number of hydrogen-bond acceptors (Lipinski definition) is 5. The first-order valence-electron chi connectivity index (χ1n) is 5.85. The molecule has 2 rings (SSSR count). The van der Waals surface area contributed by atoms with Crippen LogP contribution < -0.4 is 10.1 Å². The molecule has 0 saturated carbocycles. The van der Waals surface area contributed by atoms with Crippen LogP contribution in [0.1, 0.15) is 6.42 Å². The number of para-hydroxylation sites is 1. The van der Waals surface area contributed by atoms with E-state index in [2.05, 4.69) is 5.32 Å². The third-order valence-electron chi connectivity index (χ3n) is 3.01. The minimum atomic E-state index is -0.424. The lowest BCUT2D eigenvalue weighted by molar-refractivity contribution is -0.384. The molecule has 0 bridgehead atoms. The van der Waals surface area contributed by atoms with Crippen LogP contribution in [0.3, 0.4) is 0 Å². The molecular formula is C12H16N2O4. The zero-order valence-corrected chi connectivity index (χ0v) is 10.2. The van der Waals surface area contributed by atoms with E-state index in [4.69, 9.17) is 9.47 Å². The fourth-order valence-electron chi connectivity index (χ4n) is 2.02. The van der Waals surface area contributed by atoms with E-state index in [9.17, 15) is 10.1 Å². The van der Waals surface area contributed by atoms with Gasteiger partial charge in [0, 0.05) is 19.1 Å². The van der Waals surface area contributed by atoms with Gasteiger partial charge in [-0.25, -0.2) is 0 Å². The van der Waals surface area contributed by atoms with E-state index >= 15 is 0 Å². The summed E-state index contributed by atoms with van der Waals surface area (Å²) in [5, 5.41) is 14.2. The first-order valence-corrected chi connectivity index (χ1v) is 5.85. The molecule has 98 valence electrons. The Morgan fingerprint density at radius 2 is 2.44 bits per heavy atom. The number of ether oxygens (including phenoxy) is 2. The van der Waals surface area contributed by atoms with Crippen LogP contribution in [0.4, 0.5) is 11.4 Å². The Kier molecular flexibility index (Phi) is 3.99. The van der Waals surface area contributed by atoms with Gasteiger partial charge >= 0.3 is 5.69 Å². The molecule has 1 atom stereocenters. The van der Waals surface area contributed by atoms with Crippen molar-refractivity contribution in [1.82, 2.24) is 0 Å². The summed E-state index contributed by atoms with van der Waals surface area (Å²) in [6.45, 7) is 2.16. The second kappa shape index (κ2) is 5.68. The normalized spacial score (nSPS) is 18.6. The fourth-order valence-corrected chi connectivity index (χ4v) is 2.02. The molecule has 1 saturated heterocycles. The summed E-state index contributed by atoms with van der Waals surface area (Å²) in [6, 6.07) is 5.01. The lowest BCUT2D eigenvalue weighted by Crippen LogP contribution is -2.15. The Bertz CT molecular complexity index is 430. The molecule has 0 spiro atoms. The van der Waals surface area contributed by atoms with Crippen molar-refractivity contribution in [2.24, 2.45) is 5.92 Å². The van der Waals surface area contributed by atoms with E-state index in [1.165, 1.54) is 7.11 Å². The minimum absolute atomic E-state index is 0.0149. The van der Waals surface area contributed by atoms with Gasteiger partial charge in [0.05, 0.1) is 18.6 Å². The Labute approximate surface area is 105 Å². The molecule has 0 aromatic heterocycles. The Morgan fingerprint density at radius 1 is 1.61 bits per heavy atom. The number of anilines is 1. The summed E-state index contributed by atoms with van der Waals surface area (Å²) in [7, 11) is 1.43. The van der Waals surface area contributed by atoms with Gasteiger partial charge in [0.2, 0.25) is 0 Å². The van der Waals surface area contributed by atoms with Gasteiger partial charge in [0.15, 0.2) is 5.75 Å². The maximum Gasteiger partial charge on any atom is 0.333 e. The van der Waals surface area contributed by atoms with Gasteiger partial charge in [0.1, 0.15) is 5.69 Å². The summed E-state index contributed by atoms with van der Waals surface area (Å²) in [6.07, 6.45) is 0.991. The highest BCUT2D eigenvalue weighted by Crippen LogP contribution is 2.34. The van der Waals surface area contributed by atoms with E-state index < -0.39 is 4.92 Å². The molecule has 0 amide bonds. The Balaban J connectivity index is 2.13. The number of rotatable bonds is 5. The van der Waals surface area contributed by atoms with E-state index in [1.807, 2.05) is 0 Å². The van der Waals surface area contributed by atoms with Gasteiger partial charge in [-0.2, -0.15) is 0 Å². The Morgan fingerprint density at radius 3 is 3.06 bits per heavy atom. The largest absolute Gasteiger partial charge is 0.490 e. The molecular weight excluding hydrogens is 236 g/mol. The number of nitro benzene ring substituents is 1. The van der Waals surface area contributed by atoms with E-state index in [0.717, 1.165) is 13.0 Å². The van der Waals surface area contributed by atoms with Crippen LogP contribution in [0.15, 0.2) is 18.2 Å². The number of nitrogens with zero attached hydrogens (tertiary/aromatic N) is 1. The van der Waals surface area contributed by atoms with Crippen molar-refractivity contribution >= 4 is 11.4 Å². The lowest BCUT2D eigenvalue weighted by atomic mass is 10.1. The van der Waals surface area contributed by atoms with E-state index in [-0.39, 0.29) is 11.4 Å². The third kappa shape index (κ3) is 2.70. The number of benzene rings is 1. The standard InChI is InChI=1S/C12H16N2O4/c1-17-11-4-2-3-10(12(11)14(15)16)13-7-9-5-6-18-8-9/h2-4,9,13H,5-8H2,1H3. The molecule has 1 aromatic carbocycles. The SMILES string of the molecule is COc1cccc(NCC2CCOC2)c1[N+](=O)[O-]. The van der Waals surface area contributed by atoms with Gasteiger partial charge in [-0.05, 0) is 18.6 Å². The highest BCUT2D eigenvalue weighted by Gasteiger charge is 2.22. The maximum absolute atomic E-state index is 11.1. The quantitative estimate of drug-likeness (QED) is 0.641. The molecule has 0 radical (unpaired) electrons. The molecule has 1 aliphatic heterocycles. The number of nitro groups is 1. The lowest BCUT2D eigenvalue weighted by Gasteiger charge is -2.12. The van der Waals surface area contributed by atoms with Crippen LogP contribution in [0.5, 0.6) is 5.75 Å². The first kappa shape index (κ1) is 12.6. The zero-order chi connectivity index (χ0) is 13.0. The predicted octanol–water partition coefficient (Wildman–Crippen LogP) is 2.05. The van der Waals surface area contributed by atoms with Crippen LogP contribution in [-0.4, -0.2) is 31.8 Å². The smallest absolute Gasteiger partial charge is 0.333 e. The van der Waals surface area contributed by atoms with Crippen molar-refractivity contribution in [3.8, 4) is 5.75 Å². The van der Waals surface area contributed by atoms with Gasteiger partial charge in [-0.15, -0.1) is 0 Å². The number of hydrogen-bond donors (Lipinski definition) is 1. The Hall–Kier alpha value is -1.82. The van der Waals surface area contributed by atoms with Gasteiger partial charge in [-0.3, -0.25) is 10.1 Å². The summed E-state index contributed by atoms with van der Waals surface area (Å²) in [5.41, 5.74) is 0.477. The molecule has 6 heteroatoms. The molecule has 6 nitrogen and oxygen atoms in total. The maximum atomic E-state index is 11.1. The number of methoxy groups -OCH3 is 1. The van der Waals surface area contributed by atoms with Gasteiger partial charge in [-0.1, -0.05) is 6.07 Å². The van der Waals surface area contributed by atoms with E-state index in [0.29, 0.717) is 24.8 Å². The zero-order valence-electron chi connectivity index (χ0n) is 10.2. The summed E-state index contributed by atoms with van der Waals surface area (Å²) < 4.78 is 10.3. The summed E-state index contributed by atoms with van der Waals surface area (Å²) in [5.74, 6) is 0.684.